The smallest absolute Gasteiger partial charge is 0.350 e. The third kappa shape index (κ3) is 3.19. The van der Waals surface area contributed by atoms with Crippen LogP contribution in [-0.2, 0) is 9.47 Å². The number of nitrogens with zero attached hydrogens (tertiary/aromatic N) is 1. The third-order valence-electron chi connectivity index (χ3n) is 3.21. The predicted octanol–water partition coefficient (Wildman–Crippen LogP) is 1.98. The summed E-state index contributed by atoms with van der Waals surface area (Å²) in [7, 11) is 1.73. The molecule has 5 nitrogen and oxygen atoms in total. The normalized spacial score (nSPS) is 18.8. The van der Waals surface area contributed by atoms with Crippen molar-refractivity contribution in [2.45, 2.75) is 13.3 Å². The molecular formula is C13H20N2O3S. The molecular weight excluding hydrogens is 264 g/mol. The van der Waals surface area contributed by atoms with Gasteiger partial charge in [0, 0.05) is 26.1 Å². The highest BCUT2D eigenvalue weighted by Crippen LogP contribution is 2.35. The van der Waals surface area contributed by atoms with Gasteiger partial charge in [0.05, 0.1) is 23.9 Å². The standard InChI is InChI=1S/C13H20N2O3S/c1-3-18-13(16)12-10(14)6-11(19-12)15-5-4-9(7-15)8-17-2/h6,9H,3-5,7-8,14H2,1-2H3. The number of esters is 1. The molecule has 19 heavy (non-hydrogen) atoms. The Hall–Kier alpha value is -1.27. The van der Waals surface area contributed by atoms with Gasteiger partial charge in [0.25, 0.3) is 0 Å². The second-order valence-corrected chi connectivity index (χ2v) is 5.68. The van der Waals surface area contributed by atoms with Crippen molar-refractivity contribution in [1.82, 2.24) is 0 Å². The van der Waals surface area contributed by atoms with Gasteiger partial charge in [-0.3, -0.25) is 0 Å². The summed E-state index contributed by atoms with van der Waals surface area (Å²) >= 11 is 1.41. The minimum absolute atomic E-state index is 0.330. The van der Waals surface area contributed by atoms with Crippen LogP contribution in [0.4, 0.5) is 10.7 Å². The summed E-state index contributed by atoms with van der Waals surface area (Å²) < 4.78 is 10.2. The van der Waals surface area contributed by atoms with Crippen molar-refractivity contribution in [2.75, 3.05) is 44.0 Å². The van der Waals surface area contributed by atoms with Crippen LogP contribution in [0.15, 0.2) is 6.07 Å². The van der Waals surface area contributed by atoms with Gasteiger partial charge in [0.2, 0.25) is 0 Å². The zero-order valence-electron chi connectivity index (χ0n) is 11.3. The van der Waals surface area contributed by atoms with Gasteiger partial charge in [0.15, 0.2) is 0 Å². The van der Waals surface area contributed by atoms with E-state index in [9.17, 15) is 4.79 Å². The SMILES string of the molecule is CCOC(=O)c1sc(N2CCC(COC)C2)cc1N. The van der Waals surface area contributed by atoms with Crippen molar-refractivity contribution >= 4 is 28.0 Å². The molecule has 6 heteroatoms. The molecule has 1 aliphatic rings. The van der Waals surface area contributed by atoms with Crippen molar-refractivity contribution in [2.24, 2.45) is 5.92 Å². The first-order valence-corrected chi connectivity index (χ1v) is 7.27. The molecule has 1 atom stereocenters. The molecule has 0 aromatic carbocycles. The fraction of sp³-hybridized carbons (Fsp3) is 0.615. The molecule has 1 aromatic heterocycles. The highest BCUT2D eigenvalue weighted by atomic mass is 32.1. The Balaban J connectivity index is 2.06. The van der Waals surface area contributed by atoms with Gasteiger partial charge >= 0.3 is 5.97 Å². The molecule has 2 N–H and O–H groups in total. The molecule has 1 fully saturated rings. The molecule has 0 bridgehead atoms. The van der Waals surface area contributed by atoms with E-state index in [1.165, 1.54) is 11.3 Å². The molecule has 0 saturated carbocycles. The lowest BCUT2D eigenvalue weighted by Crippen LogP contribution is -2.19. The van der Waals surface area contributed by atoms with Crippen LogP contribution in [0.1, 0.15) is 23.0 Å². The number of anilines is 2. The van der Waals surface area contributed by atoms with Gasteiger partial charge in [-0.25, -0.2) is 4.79 Å². The van der Waals surface area contributed by atoms with Gasteiger partial charge in [-0.2, -0.15) is 0 Å². The number of carbonyl (C=O) groups is 1. The van der Waals surface area contributed by atoms with Crippen molar-refractivity contribution < 1.29 is 14.3 Å². The molecule has 1 aromatic rings. The van der Waals surface area contributed by atoms with Crippen LogP contribution < -0.4 is 10.6 Å². The van der Waals surface area contributed by atoms with Crippen LogP contribution >= 0.6 is 11.3 Å². The maximum Gasteiger partial charge on any atom is 0.350 e. The fourth-order valence-corrected chi connectivity index (χ4v) is 3.32. The number of rotatable bonds is 5. The Morgan fingerprint density at radius 1 is 1.63 bits per heavy atom. The van der Waals surface area contributed by atoms with Gasteiger partial charge in [-0.05, 0) is 19.4 Å². The van der Waals surface area contributed by atoms with Crippen LogP contribution in [0.2, 0.25) is 0 Å². The monoisotopic (exact) mass is 284 g/mol. The van der Waals surface area contributed by atoms with Gasteiger partial charge in [0.1, 0.15) is 4.88 Å². The Kier molecular flexibility index (Phi) is 4.66. The minimum atomic E-state index is -0.330. The molecule has 0 amide bonds. The van der Waals surface area contributed by atoms with Crippen LogP contribution in [0, 0.1) is 5.92 Å². The first-order chi connectivity index (χ1) is 9.15. The molecule has 2 heterocycles. The molecule has 0 radical (unpaired) electrons. The Bertz CT molecular complexity index is 447. The topological polar surface area (TPSA) is 64.8 Å². The van der Waals surface area contributed by atoms with Gasteiger partial charge in [-0.15, -0.1) is 11.3 Å². The van der Waals surface area contributed by atoms with E-state index in [4.69, 9.17) is 15.2 Å². The summed E-state index contributed by atoms with van der Waals surface area (Å²) in [6.07, 6.45) is 1.11. The largest absolute Gasteiger partial charge is 0.462 e. The van der Waals surface area contributed by atoms with E-state index in [1.54, 1.807) is 14.0 Å². The molecule has 0 aliphatic carbocycles. The van der Waals surface area contributed by atoms with Crippen LogP contribution in [0.5, 0.6) is 0 Å². The zero-order valence-corrected chi connectivity index (χ0v) is 12.2. The summed E-state index contributed by atoms with van der Waals surface area (Å²) in [6.45, 7) is 4.87. The number of nitrogen functional groups attached to an aromatic ring is 1. The molecule has 106 valence electrons. The first kappa shape index (κ1) is 14.1. The predicted molar refractivity (Wildman–Crippen MR) is 76.9 cm³/mol. The van der Waals surface area contributed by atoms with Crippen molar-refractivity contribution in [1.29, 1.82) is 0 Å². The molecule has 2 rings (SSSR count). The summed E-state index contributed by atoms with van der Waals surface area (Å²) in [4.78, 5) is 14.5. The highest BCUT2D eigenvalue weighted by Gasteiger charge is 2.25. The van der Waals surface area contributed by atoms with Crippen molar-refractivity contribution in [3.63, 3.8) is 0 Å². The van der Waals surface area contributed by atoms with E-state index in [0.717, 1.165) is 31.1 Å². The summed E-state index contributed by atoms with van der Waals surface area (Å²) in [5.74, 6) is 0.225. The summed E-state index contributed by atoms with van der Waals surface area (Å²) in [5.41, 5.74) is 6.40. The van der Waals surface area contributed by atoms with Gasteiger partial charge < -0.3 is 20.1 Å². The van der Waals surface area contributed by atoms with Gasteiger partial charge in [-0.1, -0.05) is 0 Å². The average molecular weight is 284 g/mol. The summed E-state index contributed by atoms with van der Waals surface area (Å²) in [5, 5.41) is 1.04. The summed E-state index contributed by atoms with van der Waals surface area (Å²) in [6, 6.07) is 1.87. The molecule has 1 aliphatic heterocycles. The van der Waals surface area contributed by atoms with Crippen molar-refractivity contribution in [3.05, 3.63) is 10.9 Å². The van der Waals surface area contributed by atoms with Crippen LogP contribution in [0.3, 0.4) is 0 Å². The highest BCUT2D eigenvalue weighted by molar-refractivity contribution is 7.18. The molecule has 0 spiro atoms. The zero-order chi connectivity index (χ0) is 13.8. The number of hydrogen-bond donors (Lipinski definition) is 1. The lowest BCUT2D eigenvalue weighted by atomic mass is 10.1. The van der Waals surface area contributed by atoms with Crippen LogP contribution in [0.25, 0.3) is 0 Å². The van der Waals surface area contributed by atoms with E-state index < -0.39 is 0 Å². The second-order valence-electron chi connectivity index (χ2n) is 4.65. The number of nitrogens with two attached hydrogens (primary N) is 1. The fourth-order valence-electron chi connectivity index (χ4n) is 2.31. The van der Waals surface area contributed by atoms with Crippen molar-refractivity contribution in [3.8, 4) is 0 Å². The second kappa shape index (κ2) is 6.25. The first-order valence-electron chi connectivity index (χ1n) is 6.46. The maximum atomic E-state index is 11.7. The third-order valence-corrected chi connectivity index (χ3v) is 4.40. The number of ether oxygens (including phenoxy) is 2. The number of thiophene rings is 1. The Labute approximate surface area is 117 Å². The quantitative estimate of drug-likeness (QED) is 0.838. The lowest BCUT2D eigenvalue weighted by Gasteiger charge is -2.15. The van der Waals surface area contributed by atoms with Crippen LogP contribution in [-0.4, -0.2) is 39.4 Å². The number of methoxy groups -OCH3 is 1. The Morgan fingerprint density at radius 3 is 3.11 bits per heavy atom. The van der Waals surface area contributed by atoms with E-state index in [-0.39, 0.29) is 5.97 Å². The van der Waals surface area contributed by atoms with E-state index in [1.807, 2.05) is 6.07 Å². The molecule has 1 saturated heterocycles. The lowest BCUT2D eigenvalue weighted by molar-refractivity contribution is 0.0533. The minimum Gasteiger partial charge on any atom is -0.462 e. The average Bonchev–Trinajstić information content (AvgIpc) is 2.96. The van der Waals surface area contributed by atoms with E-state index in [0.29, 0.717) is 23.1 Å². The maximum absolute atomic E-state index is 11.7. The number of carbonyl (C=O) groups excluding carboxylic acids is 1. The number of hydrogen-bond acceptors (Lipinski definition) is 6. The molecule has 1 unspecified atom stereocenters. The Morgan fingerprint density at radius 2 is 2.42 bits per heavy atom. The van der Waals surface area contributed by atoms with E-state index in [2.05, 4.69) is 4.90 Å². The van der Waals surface area contributed by atoms with E-state index >= 15 is 0 Å².